The lowest BCUT2D eigenvalue weighted by atomic mass is 10.1. The number of hydrogen-bond donors (Lipinski definition) is 1. The van der Waals surface area contributed by atoms with Crippen LogP contribution in [-0.2, 0) is 13.1 Å². The highest BCUT2D eigenvalue weighted by Gasteiger charge is 2.06. The highest BCUT2D eigenvalue weighted by atomic mass is 19.1. The van der Waals surface area contributed by atoms with Gasteiger partial charge in [-0.05, 0) is 42.8 Å². The van der Waals surface area contributed by atoms with Gasteiger partial charge in [-0.2, -0.15) is 0 Å². The number of benzene rings is 2. The van der Waals surface area contributed by atoms with Crippen molar-refractivity contribution >= 4 is 5.69 Å². The summed E-state index contributed by atoms with van der Waals surface area (Å²) < 4.78 is 13.3. The first-order valence-electron chi connectivity index (χ1n) is 7.52. The van der Waals surface area contributed by atoms with Crippen LogP contribution in [0.4, 0.5) is 10.1 Å². The molecule has 2 aromatic rings. The molecule has 0 spiro atoms. The van der Waals surface area contributed by atoms with Crippen LogP contribution in [0.1, 0.15) is 25.0 Å². The summed E-state index contributed by atoms with van der Waals surface area (Å²) in [5.74, 6) is -0.188. The van der Waals surface area contributed by atoms with Crippen molar-refractivity contribution in [3.05, 3.63) is 65.5 Å². The Morgan fingerprint density at radius 2 is 1.71 bits per heavy atom. The maximum atomic E-state index is 13.3. The molecule has 2 aromatic carbocycles. The average Bonchev–Trinajstić information content (AvgIpc) is 2.51. The summed E-state index contributed by atoms with van der Waals surface area (Å²) >= 11 is 0. The van der Waals surface area contributed by atoms with Gasteiger partial charge >= 0.3 is 0 Å². The number of anilines is 1. The maximum Gasteiger partial charge on any atom is 0.125 e. The summed E-state index contributed by atoms with van der Waals surface area (Å²) in [5.41, 5.74) is 3.45. The van der Waals surface area contributed by atoms with Crippen molar-refractivity contribution in [3.63, 3.8) is 0 Å². The average molecular weight is 286 g/mol. The van der Waals surface area contributed by atoms with E-state index in [-0.39, 0.29) is 5.82 Å². The number of halogens is 1. The molecule has 0 unspecified atom stereocenters. The van der Waals surface area contributed by atoms with E-state index in [4.69, 9.17) is 0 Å². The van der Waals surface area contributed by atoms with Gasteiger partial charge in [0.15, 0.2) is 0 Å². The molecule has 0 amide bonds. The molecule has 0 aromatic heterocycles. The van der Waals surface area contributed by atoms with Crippen molar-refractivity contribution in [2.75, 3.05) is 18.0 Å². The summed E-state index contributed by atoms with van der Waals surface area (Å²) in [4.78, 5) is 2.17. The molecule has 1 N–H and O–H groups in total. The zero-order chi connectivity index (χ0) is 15.1. The van der Waals surface area contributed by atoms with Crippen molar-refractivity contribution in [2.24, 2.45) is 0 Å². The smallest absolute Gasteiger partial charge is 0.125 e. The highest BCUT2D eigenvalue weighted by Crippen LogP contribution is 2.18. The van der Waals surface area contributed by atoms with E-state index < -0.39 is 0 Å². The Bertz CT molecular complexity index is 551. The van der Waals surface area contributed by atoms with Crippen LogP contribution < -0.4 is 10.2 Å². The summed E-state index contributed by atoms with van der Waals surface area (Å²) in [6, 6.07) is 15.4. The van der Waals surface area contributed by atoms with E-state index in [1.54, 1.807) is 12.1 Å². The van der Waals surface area contributed by atoms with E-state index in [1.165, 1.54) is 17.2 Å². The number of hydrogen-bond acceptors (Lipinski definition) is 2. The SMILES string of the molecule is CCNCc1ccc(CN(CC)c2cccc(F)c2)cc1. The molecular weight excluding hydrogens is 263 g/mol. The first-order chi connectivity index (χ1) is 10.2. The zero-order valence-corrected chi connectivity index (χ0v) is 12.8. The molecule has 0 bridgehead atoms. The van der Waals surface area contributed by atoms with Crippen LogP contribution in [0.2, 0.25) is 0 Å². The fraction of sp³-hybridized carbons (Fsp3) is 0.333. The van der Waals surface area contributed by atoms with E-state index in [2.05, 4.69) is 48.3 Å². The zero-order valence-electron chi connectivity index (χ0n) is 12.8. The molecule has 0 saturated heterocycles. The van der Waals surface area contributed by atoms with Gasteiger partial charge in [0.05, 0.1) is 0 Å². The Morgan fingerprint density at radius 1 is 1.00 bits per heavy atom. The number of nitrogens with zero attached hydrogens (tertiary/aromatic N) is 1. The molecule has 2 rings (SSSR count). The number of rotatable bonds is 7. The van der Waals surface area contributed by atoms with E-state index >= 15 is 0 Å². The molecule has 0 aliphatic rings. The Morgan fingerprint density at radius 3 is 2.33 bits per heavy atom. The van der Waals surface area contributed by atoms with Crippen LogP contribution in [0, 0.1) is 5.82 Å². The lowest BCUT2D eigenvalue weighted by molar-refractivity contribution is 0.626. The molecule has 3 heteroatoms. The lowest BCUT2D eigenvalue weighted by Gasteiger charge is -2.23. The van der Waals surface area contributed by atoms with Gasteiger partial charge in [0.2, 0.25) is 0 Å². The van der Waals surface area contributed by atoms with Gasteiger partial charge in [-0.1, -0.05) is 37.3 Å². The van der Waals surface area contributed by atoms with Crippen molar-refractivity contribution in [2.45, 2.75) is 26.9 Å². The Hall–Kier alpha value is -1.87. The van der Waals surface area contributed by atoms with Crippen LogP contribution in [0.3, 0.4) is 0 Å². The van der Waals surface area contributed by atoms with Gasteiger partial charge in [-0.3, -0.25) is 0 Å². The van der Waals surface area contributed by atoms with Gasteiger partial charge < -0.3 is 10.2 Å². The molecule has 0 heterocycles. The van der Waals surface area contributed by atoms with E-state index in [0.717, 1.165) is 31.9 Å². The third-order valence-corrected chi connectivity index (χ3v) is 3.53. The first-order valence-corrected chi connectivity index (χ1v) is 7.52. The minimum absolute atomic E-state index is 0.188. The van der Waals surface area contributed by atoms with Gasteiger partial charge in [-0.25, -0.2) is 4.39 Å². The van der Waals surface area contributed by atoms with Gasteiger partial charge in [0.25, 0.3) is 0 Å². The fourth-order valence-electron chi connectivity index (χ4n) is 2.31. The Balaban J connectivity index is 2.04. The fourth-order valence-corrected chi connectivity index (χ4v) is 2.31. The third kappa shape index (κ3) is 4.57. The standard InChI is InChI=1S/C18H23FN2/c1-3-20-13-15-8-10-16(11-9-15)14-21(4-2)18-7-5-6-17(19)12-18/h5-12,20H,3-4,13-14H2,1-2H3. The van der Waals surface area contributed by atoms with E-state index in [0.29, 0.717) is 0 Å². The van der Waals surface area contributed by atoms with Crippen molar-refractivity contribution in [1.29, 1.82) is 0 Å². The molecule has 0 atom stereocenters. The molecule has 21 heavy (non-hydrogen) atoms. The Kier molecular flexibility index (Phi) is 5.76. The van der Waals surface area contributed by atoms with Crippen molar-refractivity contribution in [1.82, 2.24) is 5.32 Å². The molecule has 112 valence electrons. The summed E-state index contributed by atoms with van der Waals surface area (Å²) in [5, 5.41) is 3.32. The molecular formula is C18H23FN2. The summed E-state index contributed by atoms with van der Waals surface area (Å²) in [6.45, 7) is 7.71. The molecule has 0 saturated carbocycles. The largest absolute Gasteiger partial charge is 0.367 e. The molecule has 0 aliphatic carbocycles. The highest BCUT2D eigenvalue weighted by molar-refractivity contribution is 5.47. The van der Waals surface area contributed by atoms with Crippen LogP contribution in [-0.4, -0.2) is 13.1 Å². The van der Waals surface area contributed by atoms with Gasteiger partial charge in [0.1, 0.15) is 5.82 Å². The quantitative estimate of drug-likeness (QED) is 0.828. The molecule has 2 nitrogen and oxygen atoms in total. The second-order valence-electron chi connectivity index (χ2n) is 5.09. The molecule has 0 radical (unpaired) electrons. The van der Waals surface area contributed by atoms with Gasteiger partial charge in [0, 0.05) is 25.3 Å². The van der Waals surface area contributed by atoms with E-state index in [1.807, 2.05) is 6.07 Å². The maximum absolute atomic E-state index is 13.3. The first kappa shape index (κ1) is 15.5. The third-order valence-electron chi connectivity index (χ3n) is 3.53. The monoisotopic (exact) mass is 286 g/mol. The van der Waals surface area contributed by atoms with E-state index in [9.17, 15) is 4.39 Å². The normalized spacial score (nSPS) is 10.6. The Labute approximate surface area is 126 Å². The van der Waals surface area contributed by atoms with Crippen LogP contribution >= 0.6 is 0 Å². The predicted molar refractivity (Wildman–Crippen MR) is 86.9 cm³/mol. The van der Waals surface area contributed by atoms with Crippen molar-refractivity contribution in [3.8, 4) is 0 Å². The predicted octanol–water partition coefficient (Wildman–Crippen LogP) is 3.96. The molecule has 0 fully saturated rings. The van der Waals surface area contributed by atoms with Crippen LogP contribution in [0.15, 0.2) is 48.5 Å². The summed E-state index contributed by atoms with van der Waals surface area (Å²) in [6.07, 6.45) is 0. The summed E-state index contributed by atoms with van der Waals surface area (Å²) in [7, 11) is 0. The van der Waals surface area contributed by atoms with Gasteiger partial charge in [-0.15, -0.1) is 0 Å². The van der Waals surface area contributed by atoms with Crippen LogP contribution in [0.25, 0.3) is 0 Å². The van der Waals surface area contributed by atoms with Crippen LogP contribution in [0.5, 0.6) is 0 Å². The second-order valence-corrected chi connectivity index (χ2v) is 5.09. The topological polar surface area (TPSA) is 15.3 Å². The molecule has 0 aliphatic heterocycles. The minimum atomic E-state index is -0.188. The number of nitrogens with one attached hydrogen (secondary N) is 1. The lowest BCUT2D eigenvalue weighted by Crippen LogP contribution is -2.22. The minimum Gasteiger partial charge on any atom is -0.367 e. The van der Waals surface area contributed by atoms with Crippen molar-refractivity contribution < 1.29 is 4.39 Å². The second kappa shape index (κ2) is 7.79.